The molecule has 0 unspecified atom stereocenters. The monoisotopic (exact) mass is 422 g/mol. The van der Waals surface area contributed by atoms with Gasteiger partial charge in [0.25, 0.3) is 5.56 Å². The van der Waals surface area contributed by atoms with E-state index in [0.29, 0.717) is 0 Å². The van der Waals surface area contributed by atoms with Gasteiger partial charge >= 0.3 is 5.69 Å². The van der Waals surface area contributed by atoms with E-state index in [4.69, 9.17) is 9.47 Å². The van der Waals surface area contributed by atoms with Crippen LogP contribution in [0.25, 0.3) is 0 Å². The molecule has 3 rings (SSSR count). The molecule has 1 saturated heterocycles. The van der Waals surface area contributed by atoms with E-state index in [1.165, 1.54) is 13.1 Å². The molecular weight excluding hydrogens is 396 g/mol. The summed E-state index contributed by atoms with van der Waals surface area (Å²) in [6, 6.07) is 9.25. The zero-order chi connectivity index (χ0) is 21.9. The first-order valence-corrected chi connectivity index (χ1v) is 9.48. The molecule has 0 radical (unpaired) electrons. The van der Waals surface area contributed by atoms with Gasteiger partial charge in [-0.3, -0.25) is 9.36 Å². The van der Waals surface area contributed by atoms with E-state index in [2.05, 4.69) is 0 Å². The van der Waals surface area contributed by atoms with Crippen molar-refractivity contribution in [2.75, 3.05) is 19.8 Å². The Kier molecular flexibility index (Phi) is 6.56. The van der Waals surface area contributed by atoms with Crippen LogP contribution in [0.3, 0.4) is 0 Å². The van der Waals surface area contributed by atoms with Crippen molar-refractivity contribution >= 4 is 0 Å². The Hall–Kier alpha value is -2.34. The third-order valence-corrected chi connectivity index (χ3v) is 5.50. The van der Waals surface area contributed by atoms with E-state index in [-0.39, 0.29) is 25.3 Å². The predicted octanol–water partition coefficient (Wildman–Crippen LogP) is -1.14. The summed E-state index contributed by atoms with van der Waals surface area (Å²) in [6.45, 7) is -0.919. The van der Waals surface area contributed by atoms with Crippen LogP contribution >= 0.6 is 0 Å². The molecule has 0 aliphatic carbocycles. The zero-order valence-electron chi connectivity index (χ0n) is 16.6. The third kappa shape index (κ3) is 3.85. The van der Waals surface area contributed by atoms with Crippen LogP contribution in [0.2, 0.25) is 0 Å². The van der Waals surface area contributed by atoms with Crippen LogP contribution in [0.15, 0.2) is 46.1 Å². The first-order chi connectivity index (χ1) is 14.3. The number of ether oxygens (including phenoxy) is 2. The van der Waals surface area contributed by atoms with Crippen molar-refractivity contribution in [3.63, 3.8) is 0 Å². The van der Waals surface area contributed by atoms with Crippen LogP contribution in [0, 0.1) is 6.92 Å². The Labute approximate surface area is 172 Å². The highest BCUT2D eigenvalue weighted by Crippen LogP contribution is 2.43. The minimum Gasteiger partial charge on any atom is -0.393 e. The van der Waals surface area contributed by atoms with E-state index in [9.17, 15) is 30.0 Å². The van der Waals surface area contributed by atoms with Crippen LogP contribution < -0.4 is 11.2 Å². The van der Waals surface area contributed by atoms with Crippen molar-refractivity contribution in [2.45, 2.75) is 44.1 Å². The maximum Gasteiger partial charge on any atom is 0.335 e. The van der Waals surface area contributed by atoms with Crippen molar-refractivity contribution in [1.29, 1.82) is 0 Å². The van der Waals surface area contributed by atoms with Gasteiger partial charge < -0.3 is 29.9 Å². The predicted molar refractivity (Wildman–Crippen MR) is 105 cm³/mol. The van der Waals surface area contributed by atoms with Crippen molar-refractivity contribution in [3.8, 4) is 0 Å². The van der Waals surface area contributed by atoms with Crippen molar-refractivity contribution in [1.82, 2.24) is 9.13 Å². The first kappa shape index (κ1) is 22.3. The van der Waals surface area contributed by atoms with Crippen LogP contribution in [0.1, 0.15) is 23.8 Å². The Bertz CT molecular complexity index is 983. The topological polar surface area (TPSA) is 143 Å². The maximum atomic E-state index is 13.0. The average Bonchev–Trinajstić information content (AvgIpc) is 3.07. The smallest absolute Gasteiger partial charge is 0.335 e. The highest BCUT2D eigenvalue weighted by atomic mass is 16.6. The molecule has 2 heterocycles. The third-order valence-electron chi connectivity index (χ3n) is 5.50. The number of hydrogen-bond donors (Lipinski definition) is 4. The summed E-state index contributed by atoms with van der Waals surface area (Å²) in [5.74, 6) is 0. The minimum absolute atomic E-state index is 0.197. The van der Waals surface area contributed by atoms with Gasteiger partial charge in [-0.15, -0.1) is 0 Å². The van der Waals surface area contributed by atoms with Crippen LogP contribution in [0.5, 0.6) is 0 Å². The van der Waals surface area contributed by atoms with E-state index in [0.717, 1.165) is 14.7 Å². The second kappa shape index (κ2) is 8.80. The van der Waals surface area contributed by atoms with Gasteiger partial charge in [0.1, 0.15) is 24.2 Å². The van der Waals surface area contributed by atoms with Gasteiger partial charge in [0.15, 0.2) is 0 Å². The first-order valence-electron chi connectivity index (χ1n) is 9.48. The Morgan fingerprint density at radius 2 is 1.80 bits per heavy atom. The maximum absolute atomic E-state index is 13.0. The Balaban J connectivity index is 1.90. The summed E-state index contributed by atoms with van der Waals surface area (Å²) in [6.07, 6.45) is -0.104. The molecule has 2 atom stereocenters. The molecule has 1 fully saturated rings. The van der Waals surface area contributed by atoms with Crippen LogP contribution in [-0.4, -0.2) is 60.6 Å². The van der Waals surface area contributed by atoms with E-state index in [1.807, 2.05) is 30.3 Å². The molecule has 1 aliphatic heterocycles. The SMILES string of the molecule is Cc1cn([C@H]2C[C@@](O)(CO)C(CO)(CO)O2)c(=O)n(COCc2ccccc2)c1=O. The fourth-order valence-electron chi connectivity index (χ4n) is 3.58. The van der Waals surface area contributed by atoms with Crippen molar-refractivity contribution in [3.05, 3.63) is 68.5 Å². The molecule has 0 bridgehead atoms. The number of aliphatic hydroxyl groups excluding tert-OH is 3. The average molecular weight is 422 g/mol. The Morgan fingerprint density at radius 1 is 1.13 bits per heavy atom. The molecule has 30 heavy (non-hydrogen) atoms. The molecule has 164 valence electrons. The zero-order valence-corrected chi connectivity index (χ0v) is 16.6. The molecule has 4 N–H and O–H groups in total. The summed E-state index contributed by atoms with van der Waals surface area (Å²) in [5.41, 5.74) is -3.99. The van der Waals surface area contributed by atoms with Crippen molar-refractivity contribution in [2.24, 2.45) is 0 Å². The molecule has 10 nitrogen and oxygen atoms in total. The minimum atomic E-state index is -1.97. The number of aryl methyl sites for hydroxylation is 1. The van der Waals surface area contributed by atoms with Gasteiger partial charge in [0.05, 0.1) is 26.4 Å². The molecular formula is C20H26N2O8. The molecule has 10 heteroatoms. The van der Waals surface area contributed by atoms with Gasteiger partial charge in [0.2, 0.25) is 0 Å². The highest BCUT2D eigenvalue weighted by Gasteiger charge is 2.59. The van der Waals surface area contributed by atoms with Crippen LogP contribution in [-0.2, 0) is 22.8 Å². The lowest BCUT2D eigenvalue weighted by atomic mass is 9.84. The van der Waals surface area contributed by atoms with E-state index < -0.39 is 48.5 Å². The highest BCUT2D eigenvalue weighted by molar-refractivity contribution is 5.13. The van der Waals surface area contributed by atoms with Gasteiger partial charge in [-0.2, -0.15) is 0 Å². The quantitative estimate of drug-likeness (QED) is 0.418. The summed E-state index contributed by atoms with van der Waals surface area (Å²) in [4.78, 5) is 25.4. The van der Waals surface area contributed by atoms with E-state index >= 15 is 0 Å². The molecule has 1 aromatic carbocycles. The molecule has 0 spiro atoms. The number of rotatable bonds is 8. The Morgan fingerprint density at radius 3 is 2.37 bits per heavy atom. The normalized spacial score (nSPS) is 23.0. The lowest BCUT2D eigenvalue weighted by molar-refractivity contribution is -0.194. The van der Waals surface area contributed by atoms with Gasteiger partial charge in [0, 0.05) is 18.2 Å². The largest absolute Gasteiger partial charge is 0.393 e. The molecule has 0 saturated carbocycles. The standard InChI is InChI=1S/C20H26N2O8/c1-14-8-21(16-7-19(28,10-23)20(11-24,12-25)30-16)18(27)22(17(14)26)13-29-9-15-5-3-2-4-6-15/h2-6,8,16,23-25,28H,7,9-13H2,1H3/t16-,19-/m1/s1. The van der Waals surface area contributed by atoms with Gasteiger partial charge in [-0.1, -0.05) is 30.3 Å². The van der Waals surface area contributed by atoms with E-state index in [1.54, 1.807) is 0 Å². The molecule has 0 amide bonds. The number of aliphatic hydroxyl groups is 4. The summed E-state index contributed by atoms with van der Waals surface area (Å²) in [7, 11) is 0. The number of nitrogens with zero attached hydrogens (tertiary/aromatic N) is 2. The van der Waals surface area contributed by atoms with Gasteiger partial charge in [-0.25, -0.2) is 9.36 Å². The van der Waals surface area contributed by atoms with Crippen LogP contribution in [0.4, 0.5) is 0 Å². The molecule has 1 aliphatic rings. The van der Waals surface area contributed by atoms with Crippen molar-refractivity contribution < 1.29 is 29.9 Å². The lowest BCUT2D eigenvalue weighted by Crippen LogP contribution is -2.58. The molecule has 2 aromatic rings. The summed E-state index contributed by atoms with van der Waals surface area (Å²) >= 11 is 0. The number of aromatic nitrogens is 2. The second-order valence-electron chi connectivity index (χ2n) is 7.48. The second-order valence-corrected chi connectivity index (χ2v) is 7.48. The summed E-state index contributed by atoms with van der Waals surface area (Å²) < 4.78 is 13.2. The summed E-state index contributed by atoms with van der Waals surface area (Å²) in [5, 5.41) is 39.7. The lowest BCUT2D eigenvalue weighted by Gasteiger charge is -2.36. The fraction of sp³-hybridized carbons (Fsp3) is 0.500. The fourth-order valence-corrected chi connectivity index (χ4v) is 3.58. The number of hydrogen-bond acceptors (Lipinski definition) is 8. The van der Waals surface area contributed by atoms with Gasteiger partial charge in [-0.05, 0) is 12.5 Å². The molecule has 1 aromatic heterocycles. The number of benzene rings is 1.